The third kappa shape index (κ3) is 3.48. The Morgan fingerprint density at radius 1 is 1.00 bits per heavy atom. The fraction of sp³-hybridized carbons (Fsp3) is 0.235. The van der Waals surface area contributed by atoms with Crippen molar-refractivity contribution in [3.05, 3.63) is 47.6 Å². The highest BCUT2D eigenvalue weighted by Crippen LogP contribution is 2.16. The van der Waals surface area contributed by atoms with Gasteiger partial charge in [0, 0.05) is 33.9 Å². The highest BCUT2D eigenvalue weighted by Gasteiger charge is 2.34. The molecule has 0 aromatic heterocycles. The van der Waals surface area contributed by atoms with Crippen LogP contribution in [0.1, 0.15) is 5.56 Å². The molecule has 1 fully saturated rings. The Bertz CT molecular complexity index is 679. The van der Waals surface area contributed by atoms with Gasteiger partial charge < -0.3 is 4.90 Å². The number of carbonyl (C=O) groups excluding carboxylic acids is 2. The number of rotatable bonds is 3. The molecule has 2 rings (SSSR count). The first-order chi connectivity index (χ1) is 10.8. The number of likely N-dealkylation sites (N-methyl/N-ethyl adjacent to an activating group) is 2. The zero-order valence-electron chi connectivity index (χ0n) is 13.6. The Morgan fingerprint density at radius 3 is 2.00 bits per heavy atom. The Kier molecular flexibility index (Phi) is 4.95. The summed E-state index contributed by atoms with van der Waals surface area (Å²) in [5.74, 6) is -0.767. The Balaban J connectivity index is 2.19. The van der Waals surface area contributed by atoms with Gasteiger partial charge in [0.05, 0.1) is 0 Å². The van der Waals surface area contributed by atoms with E-state index in [-0.39, 0.29) is 22.5 Å². The lowest BCUT2D eigenvalue weighted by Crippen LogP contribution is -2.52. The van der Waals surface area contributed by atoms with Crippen LogP contribution in [0.2, 0.25) is 0 Å². The summed E-state index contributed by atoms with van der Waals surface area (Å²) >= 11 is 5.04. The van der Waals surface area contributed by atoms with Crippen LogP contribution in [-0.4, -0.2) is 54.9 Å². The molecular weight excluding hydrogens is 310 g/mol. The fourth-order valence-electron chi connectivity index (χ4n) is 2.13. The molecule has 6 heteroatoms. The molecule has 1 heterocycles. The van der Waals surface area contributed by atoms with Crippen molar-refractivity contribution in [3.63, 3.8) is 0 Å². The highest BCUT2D eigenvalue weighted by atomic mass is 32.1. The standard InChI is InChI=1S/C17H19N3O2S/c1-18(2)13-10-8-12(9-11-13)6-5-7-14-15(21)19(3)17(23)20(4)16(14)22/h5-11H,1-4H3/b6-5+. The van der Waals surface area contributed by atoms with Gasteiger partial charge in [0.1, 0.15) is 5.57 Å². The van der Waals surface area contributed by atoms with Gasteiger partial charge in [-0.2, -0.15) is 0 Å². The van der Waals surface area contributed by atoms with Gasteiger partial charge in [-0.3, -0.25) is 19.4 Å². The molecule has 0 unspecified atom stereocenters. The number of anilines is 1. The Hall–Kier alpha value is -2.47. The molecule has 0 aliphatic carbocycles. The molecule has 5 nitrogen and oxygen atoms in total. The van der Waals surface area contributed by atoms with E-state index in [1.54, 1.807) is 20.2 Å². The number of thiocarbonyl (C=S) groups is 1. The number of hydrogen-bond donors (Lipinski definition) is 0. The van der Waals surface area contributed by atoms with Crippen molar-refractivity contribution in [2.45, 2.75) is 0 Å². The first-order valence-electron chi connectivity index (χ1n) is 7.08. The topological polar surface area (TPSA) is 43.9 Å². The summed E-state index contributed by atoms with van der Waals surface area (Å²) in [5.41, 5.74) is 2.19. The summed E-state index contributed by atoms with van der Waals surface area (Å²) in [7, 11) is 7.08. The largest absolute Gasteiger partial charge is 0.378 e. The summed E-state index contributed by atoms with van der Waals surface area (Å²) in [4.78, 5) is 28.9. The molecule has 120 valence electrons. The second-order valence-electron chi connectivity index (χ2n) is 5.44. The molecule has 0 N–H and O–H groups in total. The Morgan fingerprint density at radius 2 is 1.52 bits per heavy atom. The molecule has 0 spiro atoms. The van der Waals surface area contributed by atoms with E-state index in [1.807, 2.05) is 49.3 Å². The van der Waals surface area contributed by atoms with Crippen LogP contribution in [0.25, 0.3) is 6.08 Å². The molecule has 1 saturated heterocycles. The van der Waals surface area contributed by atoms with Crippen molar-refractivity contribution < 1.29 is 9.59 Å². The van der Waals surface area contributed by atoms with Gasteiger partial charge in [-0.15, -0.1) is 0 Å². The van der Waals surface area contributed by atoms with Crippen LogP contribution in [0.4, 0.5) is 5.69 Å². The molecule has 1 aliphatic rings. The summed E-state index contributed by atoms with van der Waals surface area (Å²) < 4.78 is 0. The molecule has 0 bridgehead atoms. The molecule has 23 heavy (non-hydrogen) atoms. The molecular formula is C17H19N3O2S. The summed E-state index contributed by atoms with van der Waals surface area (Å²) in [6.07, 6.45) is 5.07. The van der Waals surface area contributed by atoms with Crippen molar-refractivity contribution in [1.29, 1.82) is 0 Å². The van der Waals surface area contributed by atoms with E-state index in [0.717, 1.165) is 11.3 Å². The van der Waals surface area contributed by atoms with Gasteiger partial charge in [-0.1, -0.05) is 24.3 Å². The first kappa shape index (κ1) is 16.9. The van der Waals surface area contributed by atoms with Crippen molar-refractivity contribution in [2.75, 3.05) is 33.1 Å². The maximum absolute atomic E-state index is 12.1. The second kappa shape index (κ2) is 6.75. The number of allylic oxidation sites excluding steroid dienone is 2. The molecule has 1 aromatic rings. The van der Waals surface area contributed by atoms with Crippen LogP contribution >= 0.6 is 12.2 Å². The van der Waals surface area contributed by atoms with Gasteiger partial charge in [-0.05, 0) is 36.0 Å². The van der Waals surface area contributed by atoms with Crippen LogP contribution in [0.3, 0.4) is 0 Å². The lowest BCUT2D eigenvalue weighted by Gasteiger charge is -2.31. The van der Waals surface area contributed by atoms with Gasteiger partial charge in [-0.25, -0.2) is 0 Å². The minimum atomic E-state index is -0.384. The van der Waals surface area contributed by atoms with E-state index in [9.17, 15) is 9.59 Å². The average Bonchev–Trinajstić information content (AvgIpc) is 2.54. The van der Waals surface area contributed by atoms with Crippen molar-refractivity contribution in [1.82, 2.24) is 9.80 Å². The quantitative estimate of drug-likeness (QED) is 0.483. The smallest absolute Gasteiger partial charge is 0.265 e. The number of carbonyl (C=O) groups is 2. The lowest BCUT2D eigenvalue weighted by molar-refractivity contribution is -0.132. The van der Waals surface area contributed by atoms with E-state index in [2.05, 4.69) is 0 Å². The van der Waals surface area contributed by atoms with Gasteiger partial charge >= 0.3 is 0 Å². The Labute approximate surface area is 141 Å². The predicted molar refractivity (Wildman–Crippen MR) is 96.0 cm³/mol. The monoisotopic (exact) mass is 329 g/mol. The zero-order valence-corrected chi connectivity index (χ0v) is 14.4. The first-order valence-corrected chi connectivity index (χ1v) is 7.49. The number of nitrogens with zero attached hydrogens (tertiary/aromatic N) is 3. The molecule has 1 aliphatic heterocycles. The lowest BCUT2D eigenvalue weighted by atomic mass is 10.1. The van der Waals surface area contributed by atoms with Crippen LogP contribution in [0, 0.1) is 0 Å². The molecule has 1 aromatic carbocycles. The number of amides is 2. The predicted octanol–water partition coefficient (Wildman–Crippen LogP) is 1.91. The maximum atomic E-state index is 12.1. The van der Waals surface area contributed by atoms with Gasteiger partial charge in [0.2, 0.25) is 0 Å². The second-order valence-corrected chi connectivity index (χ2v) is 5.80. The summed E-state index contributed by atoms with van der Waals surface area (Å²) in [6, 6.07) is 7.96. The van der Waals surface area contributed by atoms with E-state index in [1.165, 1.54) is 15.9 Å². The molecule has 0 radical (unpaired) electrons. The molecule has 0 saturated carbocycles. The van der Waals surface area contributed by atoms with E-state index < -0.39 is 0 Å². The summed E-state index contributed by atoms with van der Waals surface area (Å²) in [6.45, 7) is 0. The van der Waals surface area contributed by atoms with Crippen molar-refractivity contribution in [3.8, 4) is 0 Å². The maximum Gasteiger partial charge on any atom is 0.265 e. The van der Waals surface area contributed by atoms with Crippen LogP contribution < -0.4 is 4.90 Å². The zero-order chi connectivity index (χ0) is 17.1. The van der Waals surface area contributed by atoms with E-state index >= 15 is 0 Å². The average molecular weight is 329 g/mol. The SMILES string of the molecule is CN1C(=O)C(=C/C=C/c2ccc(N(C)C)cc2)C(=O)N(C)C1=S. The van der Waals surface area contributed by atoms with Crippen molar-refractivity contribution in [2.24, 2.45) is 0 Å². The molecule has 2 amide bonds. The van der Waals surface area contributed by atoms with Gasteiger partial charge in [0.15, 0.2) is 5.11 Å². The number of benzene rings is 1. The summed E-state index contributed by atoms with van der Waals surface area (Å²) in [5, 5.41) is 0.209. The van der Waals surface area contributed by atoms with Crippen molar-refractivity contribution >= 4 is 40.9 Å². The normalized spacial score (nSPS) is 15.7. The fourth-order valence-corrected chi connectivity index (χ4v) is 2.30. The minimum Gasteiger partial charge on any atom is -0.378 e. The third-order valence-electron chi connectivity index (χ3n) is 3.61. The van der Waals surface area contributed by atoms with Crippen LogP contribution in [0.15, 0.2) is 42.0 Å². The minimum absolute atomic E-state index is 0.102. The highest BCUT2D eigenvalue weighted by molar-refractivity contribution is 7.80. The van der Waals surface area contributed by atoms with E-state index in [0.29, 0.717) is 0 Å². The third-order valence-corrected chi connectivity index (χ3v) is 4.15. The van der Waals surface area contributed by atoms with Gasteiger partial charge in [0.25, 0.3) is 11.8 Å². The molecule has 0 atom stereocenters. The van der Waals surface area contributed by atoms with E-state index in [4.69, 9.17) is 12.2 Å². The van der Waals surface area contributed by atoms with Crippen LogP contribution in [-0.2, 0) is 9.59 Å². The number of hydrogen-bond acceptors (Lipinski definition) is 4. The van der Waals surface area contributed by atoms with Crippen LogP contribution in [0.5, 0.6) is 0 Å².